The van der Waals surface area contributed by atoms with Gasteiger partial charge in [0, 0.05) is 25.3 Å². The van der Waals surface area contributed by atoms with Crippen LogP contribution in [0.1, 0.15) is 13.8 Å². The van der Waals surface area contributed by atoms with E-state index in [9.17, 15) is 8.42 Å². The zero-order chi connectivity index (χ0) is 14.7. The lowest BCUT2D eigenvalue weighted by Gasteiger charge is -2.25. The fourth-order valence-electron chi connectivity index (χ4n) is 1.45. The summed E-state index contributed by atoms with van der Waals surface area (Å²) >= 11 is 3.33. The normalized spacial score (nSPS) is 12.3. The maximum absolute atomic E-state index is 11.2. The van der Waals surface area contributed by atoms with Crippen molar-refractivity contribution in [2.45, 2.75) is 19.4 Å². The molecule has 0 atom stereocenters. The van der Waals surface area contributed by atoms with Crippen LogP contribution in [0.2, 0.25) is 0 Å². The average Bonchev–Trinajstić information content (AvgIpc) is 2.25. The van der Waals surface area contributed by atoms with Crippen LogP contribution in [0.5, 0.6) is 0 Å². The van der Waals surface area contributed by atoms with Crippen LogP contribution >= 0.6 is 15.9 Å². The van der Waals surface area contributed by atoms with Crippen molar-refractivity contribution in [2.75, 3.05) is 30.5 Å². The molecule has 0 radical (unpaired) electrons. The van der Waals surface area contributed by atoms with E-state index >= 15 is 0 Å². The van der Waals surface area contributed by atoms with Crippen molar-refractivity contribution in [1.82, 2.24) is 14.7 Å². The maximum Gasteiger partial charge on any atom is 0.224 e. The molecule has 0 saturated heterocycles. The number of halogens is 1. The minimum atomic E-state index is -3.26. The van der Waals surface area contributed by atoms with E-state index in [-0.39, 0.29) is 0 Å². The first kappa shape index (κ1) is 16.1. The molecule has 7 nitrogen and oxygen atoms in total. The highest BCUT2D eigenvalue weighted by molar-refractivity contribution is 9.10. The first-order chi connectivity index (χ1) is 8.63. The zero-order valence-corrected chi connectivity index (χ0v) is 13.7. The first-order valence-corrected chi connectivity index (χ1v) is 8.24. The predicted octanol–water partition coefficient (Wildman–Crippen LogP) is 1.02. The van der Waals surface area contributed by atoms with Crippen LogP contribution < -0.4 is 15.4 Å². The number of hydrogen-bond acceptors (Lipinski definition) is 6. The van der Waals surface area contributed by atoms with Gasteiger partial charge in [-0.05, 0) is 29.8 Å². The Bertz CT molecular complexity index is 547. The van der Waals surface area contributed by atoms with Crippen LogP contribution in [0.25, 0.3) is 0 Å². The Hall–Kier alpha value is -0.930. The summed E-state index contributed by atoms with van der Waals surface area (Å²) in [6.45, 7) is 3.96. The van der Waals surface area contributed by atoms with Crippen molar-refractivity contribution >= 4 is 37.7 Å². The van der Waals surface area contributed by atoms with E-state index in [1.807, 2.05) is 0 Å². The van der Waals surface area contributed by atoms with E-state index < -0.39 is 15.6 Å². The minimum Gasteiger partial charge on any atom is -0.367 e. The molecular weight excluding hydrogens is 334 g/mol. The lowest BCUT2D eigenvalue weighted by Crippen LogP contribution is -2.47. The second-order valence-corrected chi connectivity index (χ2v) is 7.35. The Morgan fingerprint density at radius 3 is 2.58 bits per heavy atom. The quantitative estimate of drug-likeness (QED) is 0.708. The summed E-state index contributed by atoms with van der Waals surface area (Å²) in [5.41, 5.74) is -0.627. The topological polar surface area (TPSA) is 96.0 Å². The fourth-order valence-corrected chi connectivity index (χ4v) is 2.86. The van der Waals surface area contributed by atoms with E-state index in [0.29, 0.717) is 22.8 Å². The van der Waals surface area contributed by atoms with Gasteiger partial charge in [-0.3, -0.25) is 0 Å². The molecule has 0 aliphatic carbocycles. The average molecular weight is 352 g/mol. The summed E-state index contributed by atoms with van der Waals surface area (Å²) < 4.78 is 25.7. The van der Waals surface area contributed by atoms with Crippen LogP contribution in [0.3, 0.4) is 0 Å². The van der Waals surface area contributed by atoms with Crippen molar-refractivity contribution < 1.29 is 8.42 Å². The van der Waals surface area contributed by atoms with Crippen molar-refractivity contribution in [2.24, 2.45) is 0 Å². The summed E-state index contributed by atoms with van der Waals surface area (Å²) in [6.07, 6.45) is 2.76. The van der Waals surface area contributed by atoms with Crippen LogP contribution in [-0.2, 0) is 10.0 Å². The highest BCUT2D eigenvalue weighted by Gasteiger charge is 2.22. The summed E-state index contributed by atoms with van der Waals surface area (Å²) in [4.78, 5) is 8.27. The van der Waals surface area contributed by atoms with Gasteiger partial charge in [0.1, 0.15) is 5.82 Å². The van der Waals surface area contributed by atoms with Gasteiger partial charge in [-0.25, -0.2) is 18.1 Å². The fraction of sp³-hybridized carbons (Fsp3) is 0.600. The molecule has 19 heavy (non-hydrogen) atoms. The van der Waals surface area contributed by atoms with Gasteiger partial charge in [-0.15, -0.1) is 0 Å². The van der Waals surface area contributed by atoms with E-state index in [1.165, 1.54) is 0 Å². The standard InChI is InChI=1S/C10H18BrN5O2S/c1-10(2,16-19(4,17)18)6-14-8-7(11)5-13-9(12-3)15-8/h5,16H,6H2,1-4H3,(H2,12,13,14,15). The summed E-state index contributed by atoms with van der Waals surface area (Å²) in [5.74, 6) is 1.09. The molecule has 108 valence electrons. The number of anilines is 2. The Balaban J connectivity index is 2.76. The smallest absolute Gasteiger partial charge is 0.224 e. The van der Waals surface area contributed by atoms with Gasteiger partial charge < -0.3 is 10.6 Å². The van der Waals surface area contributed by atoms with E-state index in [0.717, 1.165) is 6.26 Å². The minimum absolute atomic E-state index is 0.388. The third-order valence-corrected chi connectivity index (χ3v) is 3.63. The molecule has 1 heterocycles. The first-order valence-electron chi connectivity index (χ1n) is 5.56. The molecule has 0 aromatic carbocycles. The lowest BCUT2D eigenvalue weighted by molar-refractivity contribution is 0.476. The Labute approximate surface area is 121 Å². The van der Waals surface area contributed by atoms with Gasteiger partial charge in [0.25, 0.3) is 0 Å². The summed E-state index contributed by atoms with van der Waals surface area (Å²) in [5, 5.41) is 5.92. The molecule has 3 N–H and O–H groups in total. The molecule has 0 bridgehead atoms. The molecular formula is C10H18BrN5O2S. The second kappa shape index (κ2) is 6.02. The molecule has 0 aliphatic rings. The number of nitrogens with one attached hydrogen (secondary N) is 3. The SMILES string of the molecule is CNc1ncc(Br)c(NCC(C)(C)NS(C)(=O)=O)n1. The van der Waals surface area contributed by atoms with Gasteiger partial charge in [0.15, 0.2) is 0 Å². The number of nitrogens with zero attached hydrogens (tertiary/aromatic N) is 2. The molecule has 1 aromatic heterocycles. The van der Waals surface area contributed by atoms with Gasteiger partial charge >= 0.3 is 0 Å². The van der Waals surface area contributed by atoms with Crippen molar-refractivity contribution in [1.29, 1.82) is 0 Å². The van der Waals surface area contributed by atoms with Crippen LogP contribution in [-0.4, -0.2) is 43.8 Å². The molecule has 1 aromatic rings. The molecule has 9 heteroatoms. The Morgan fingerprint density at radius 2 is 2.05 bits per heavy atom. The monoisotopic (exact) mass is 351 g/mol. The summed E-state index contributed by atoms with van der Waals surface area (Å²) in [6, 6.07) is 0. The number of rotatable bonds is 6. The highest BCUT2D eigenvalue weighted by Crippen LogP contribution is 2.20. The maximum atomic E-state index is 11.2. The summed E-state index contributed by atoms with van der Waals surface area (Å²) in [7, 11) is -1.53. The number of aromatic nitrogens is 2. The third-order valence-electron chi connectivity index (χ3n) is 2.13. The van der Waals surface area contributed by atoms with Crippen LogP contribution in [0.4, 0.5) is 11.8 Å². The second-order valence-electron chi connectivity index (χ2n) is 4.75. The molecule has 1 rings (SSSR count). The van der Waals surface area contributed by atoms with E-state index in [1.54, 1.807) is 27.1 Å². The van der Waals surface area contributed by atoms with Crippen LogP contribution in [0.15, 0.2) is 10.7 Å². The van der Waals surface area contributed by atoms with E-state index in [2.05, 4.69) is 41.3 Å². The van der Waals surface area contributed by atoms with Crippen molar-refractivity contribution in [3.8, 4) is 0 Å². The molecule has 0 aliphatic heterocycles. The predicted molar refractivity (Wildman–Crippen MR) is 79.8 cm³/mol. The van der Waals surface area contributed by atoms with Crippen molar-refractivity contribution in [3.05, 3.63) is 10.7 Å². The van der Waals surface area contributed by atoms with Gasteiger partial charge in [-0.2, -0.15) is 4.98 Å². The zero-order valence-electron chi connectivity index (χ0n) is 11.3. The lowest BCUT2D eigenvalue weighted by atomic mass is 10.1. The van der Waals surface area contributed by atoms with E-state index in [4.69, 9.17) is 0 Å². The molecule has 0 unspecified atom stereocenters. The molecule has 0 spiro atoms. The van der Waals surface area contributed by atoms with Gasteiger partial charge in [0.2, 0.25) is 16.0 Å². The molecule has 0 amide bonds. The Morgan fingerprint density at radius 1 is 1.42 bits per heavy atom. The van der Waals surface area contributed by atoms with Crippen LogP contribution in [0, 0.1) is 0 Å². The highest BCUT2D eigenvalue weighted by atomic mass is 79.9. The molecule has 0 saturated carbocycles. The third kappa shape index (κ3) is 5.70. The largest absolute Gasteiger partial charge is 0.367 e. The van der Waals surface area contributed by atoms with Crippen molar-refractivity contribution in [3.63, 3.8) is 0 Å². The number of sulfonamides is 1. The van der Waals surface area contributed by atoms with Gasteiger partial charge in [0.05, 0.1) is 10.7 Å². The Kier molecular flexibility index (Phi) is 5.11. The molecule has 0 fully saturated rings. The number of hydrogen-bond donors (Lipinski definition) is 3. The van der Waals surface area contributed by atoms with Gasteiger partial charge in [-0.1, -0.05) is 0 Å².